The van der Waals surface area contributed by atoms with E-state index in [1.54, 1.807) is 0 Å². The van der Waals surface area contributed by atoms with E-state index in [9.17, 15) is 0 Å². The topological polar surface area (TPSA) is 12.9 Å². The Morgan fingerprint density at radius 1 is 0.550 bits per heavy atom. The average molecular weight is 528 g/mol. The number of benzene rings is 4. The fraction of sp³-hybridized carbons (Fsp3) is 0.359. The first-order valence-corrected chi connectivity index (χ1v) is 15.2. The molecule has 206 valence electrons. The Morgan fingerprint density at radius 2 is 1.15 bits per heavy atom. The third kappa shape index (κ3) is 5.71. The summed E-state index contributed by atoms with van der Waals surface area (Å²) in [5, 5.41) is 5.07. The number of pyridine rings is 1. The summed E-state index contributed by atoms with van der Waals surface area (Å²) in [6.45, 7) is 18.4. The molecule has 1 aromatic heterocycles. The van der Waals surface area contributed by atoms with E-state index in [2.05, 4.69) is 128 Å². The fourth-order valence-corrected chi connectivity index (χ4v) is 6.33. The lowest BCUT2D eigenvalue weighted by atomic mass is 9.84. The molecule has 0 spiro atoms. The van der Waals surface area contributed by atoms with Gasteiger partial charge in [0.15, 0.2) is 0 Å². The summed E-state index contributed by atoms with van der Waals surface area (Å²) in [6, 6.07) is 27.8. The van der Waals surface area contributed by atoms with Crippen LogP contribution < -0.4 is 0 Å². The van der Waals surface area contributed by atoms with Crippen molar-refractivity contribution in [3.8, 4) is 22.4 Å². The highest BCUT2D eigenvalue weighted by molar-refractivity contribution is 6.12. The second-order valence-electron chi connectivity index (χ2n) is 13.1. The van der Waals surface area contributed by atoms with E-state index in [1.807, 2.05) is 6.20 Å². The van der Waals surface area contributed by atoms with E-state index < -0.39 is 0 Å². The smallest absolute Gasteiger partial charge is 0.0780 e. The summed E-state index contributed by atoms with van der Waals surface area (Å²) in [7, 11) is 0. The summed E-state index contributed by atoms with van der Waals surface area (Å²) in [4.78, 5) is 4.98. The van der Waals surface area contributed by atoms with E-state index in [0.717, 1.165) is 18.5 Å². The van der Waals surface area contributed by atoms with Gasteiger partial charge in [-0.3, -0.25) is 4.98 Å². The fourth-order valence-electron chi connectivity index (χ4n) is 6.33. The maximum atomic E-state index is 4.98. The van der Waals surface area contributed by atoms with Crippen molar-refractivity contribution < 1.29 is 0 Å². The molecule has 0 bridgehead atoms. The number of aromatic nitrogens is 1. The predicted molar refractivity (Wildman–Crippen MR) is 175 cm³/mol. The molecule has 0 amide bonds. The monoisotopic (exact) mass is 527 g/mol. The number of fused-ring (bicyclic) bond motifs is 3. The largest absolute Gasteiger partial charge is 0.256 e. The summed E-state index contributed by atoms with van der Waals surface area (Å²) < 4.78 is 0. The zero-order valence-corrected chi connectivity index (χ0v) is 25.7. The van der Waals surface area contributed by atoms with Crippen LogP contribution in [-0.2, 0) is 12.8 Å². The van der Waals surface area contributed by atoms with Crippen molar-refractivity contribution in [1.82, 2.24) is 4.98 Å². The lowest BCUT2D eigenvalue weighted by molar-refractivity contribution is 0.636. The highest BCUT2D eigenvalue weighted by Crippen LogP contribution is 2.39. The van der Waals surface area contributed by atoms with Crippen LogP contribution in [-0.4, -0.2) is 4.98 Å². The van der Waals surface area contributed by atoms with Gasteiger partial charge in [0.1, 0.15) is 0 Å². The van der Waals surface area contributed by atoms with Crippen LogP contribution in [0, 0.1) is 11.8 Å². The Hall–Kier alpha value is -3.45. The summed E-state index contributed by atoms with van der Waals surface area (Å²) in [5.41, 5.74) is 10.7. The minimum atomic E-state index is 0.464. The summed E-state index contributed by atoms with van der Waals surface area (Å²) >= 11 is 0. The van der Waals surface area contributed by atoms with E-state index in [1.165, 1.54) is 60.5 Å². The summed E-state index contributed by atoms with van der Waals surface area (Å²) in [5.74, 6) is 2.17. The molecule has 5 aromatic rings. The third-order valence-corrected chi connectivity index (χ3v) is 8.04. The van der Waals surface area contributed by atoms with Crippen LogP contribution in [0.1, 0.15) is 89.5 Å². The maximum Gasteiger partial charge on any atom is 0.0780 e. The van der Waals surface area contributed by atoms with Crippen LogP contribution in [0.3, 0.4) is 0 Å². The molecular formula is C39H45N. The van der Waals surface area contributed by atoms with Crippen molar-refractivity contribution in [3.63, 3.8) is 0 Å². The van der Waals surface area contributed by atoms with Crippen molar-refractivity contribution >= 4 is 21.5 Å². The molecule has 5 rings (SSSR count). The molecule has 1 heterocycles. The molecular weight excluding hydrogens is 482 g/mol. The molecule has 0 saturated carbocycles. The van der Waals surface area contributed by atoms with Crippen LogP contribution in [0.4, 0.5) is 0 Å². The van der Waals surface area contributed by atoms with Gasteiger partial charge in [0.25, 0.3) is 0 Å². The number of nitrogens with zero attached hydrogens (tertiary/aromatic N) is 1. The standard InChI is InChI=1S/C39H45N/c1-24(2)18-28-20-29(19-25(3)4)22-32(21-28)39-36-15-14-30-12-13-31(23-37(30)35(36)16-17-40-39)38-33(26(5)6)10-9-11-34(38)27(7)8/h9-17,20-27H,18-19H2,1-8H3. The van der Waals surface area contributed by atoms with Crippen LogP contribution in [0.25, 0.3) is 43.9 Å². The van der Waals surface area contributed by atoms with Gasteiger partial charge in [-0.25, -0.2) is 0 Å². The molecule has 0 unspecified atom stereocenters. The summed E-state index contributed by atoms with van der Waals surface area (Å²) in [6.07, 6.45) is 4.18. The first-order chi connectivity index (χ1) is 19.1. The van der Waals surface area contributed by atoms with Crippen LogP contribution in [0.5, 0.6) is 0 Å². The lowest BCUT2D eigenvalue weighted by Gasteiger charge is -2.20. The van der Waals surface area contributed by atoms with Crippen molar-refractivity contribution in [3.05, 3.63) is 101 Å². The van der Waals surface area contributed by atoms with Gasteiger partial charge in [-0.2, -0.15) is 0 Å². The Bertz CT molecular complexity index is 1600. The van der Waals surface area contributed by atoms with Gasteiger partial charge in [-0.15, -0.1) is 0 Å². The van der Waals surface area contributed by atoms with E-state index >= 15 is 0 Å². The zero-order valence-electron chi connectivity index (χ0n) is 25.7. The molecule has 0 atom stereocenters. The van der Waals surface area contributed by atoms with Gasteiger partial charge in [-0.1, -0.05) is 104 Å². The Labute approximate surface area is 241 Å². The number of rotatable bonds is 8. The quantitative estimate of drug-likeness (QED) is 0.183. The van der Waals surface area contributed by atoms with Crippen molar-refractivity contribution in [1.29, 1.82) is 0 Å². The lowest BCUT2D eigenvalue weighted by Crippen LogP contribution is -2.00. The number of hydrogen-bond acceptors (Lipinski definition) is 1. The average Bonchev–Trinajstić information content (AvgIpc) is 2.90. The van der Waals surface area contributed by atoms with Crippen molar-refractivity contribution in [2.24, 2.45) is 11.8 Å². The van der Waals surface area contributed by atoms with Gasteiger partial charge in [-0.05, 0) is 110 Å². The number of hydrogen-bond donors (Lipinski definition) is 0. The minimum absolute atomic E-state index is 0.464. The molecule has 0 aliphatic carbocycles. The van der Waals surface area contributed by atoms with Crippen molar-refractivity contribution in [2.75, 3.05) is 0 Å². The molecule has 0 saturated heterocycles. The first kappa shape index (κ1) is 28.1. The van der Waals surface area contributed by atoms with E-state index in [0.29, 0.717) is 23.7 Å². The zero-order chi connectivity index (χ0) is 28.6. The molecule has 1 nitrogen and oxygen atoms in total. The molecule has 0 N–H and O–H groups in total. The van der Waals surface area contributed by atoms with E-state index in [4.69, 9.17) is 4.98 Å². The predicted octanol–water partition coefficient (Wildman–Crippen LogP) is 11.4. The molecule has 1 heteroatoms. The molecule has 40 heavy (non-hydrogen) atoms. The van der Waals surface area contributed by atoms with Crippen LogP contribution >= 0.6 is 0 Å². The Balaban J connectivity index is 1.73. The molecule has 4 aromatic carbocycles. The Morgan fingerprint density at radius 3 is 1.73 bits per heavy atom. The van der Waals surface area contributed by atoms with Crippen LogP contribution in [0.15, 0.2) is 79.0 Å². The second-order valence-corrected chi connectivity index (χ2v) is 13.1. The van der Waals surface area contributed by atoms with Gasteiger partial charge in [0.2, 0.25) is 0 Å². The SMILES string of the molecule is CC(C)Cc1cc(CC(C)C)cc(-c2nccc3c2ccc2ccc(-c4c(C(C)C)cccc4C(C)C)cc23)c1. The second kappa shape index (κ2) is 11.6. The maximum absolute atomic E-state index is 4.98. The van der Waals surface area contributed by atoms with Gasteiger partial charge in [0, 0.05) is 17.1 Å². The van der Waals surface area contributed by atoms with Crippen LogP contribution in [0.2, 0.25) is 0 Å². The molecule has 0 radical (unpaired) electrons. The highest BCUT2D eigenvalue weighted by Gasteiger charge is 2.17. The normalized spacial score (nSPS) is 12.1. The first-order valence-electron chi connectivity index (χ1n) is 15.2. The molecule has 0 aliphatic rings. The van der Waals surface area contributed by atoms with E-state index in [-0.39, 0.29) is 0 Å². The van der Waals surface area contributed by atoms with Gasteiger partial charge >= 0.3 is 0 Å². The minimum Gasteiger partial charge on any atom is -0.256 e. The van der Waals surface area contributed by atoms with Gasteiger partial charge in [0.05, 0.1) is 5.69 Å². The molecule has 0 fully saturated rings. The highest BCUT2D eigenvalue weighted by atomic mass is 14.7. The Kier molecular flexibility index (Phi) is 8.13. The third-order valence-electron chi connectivity index (χ3n) is 8.04. The van der Waals surface area contributed by atoms with Gasteiger partial charge < -0.3 is 0 Å². The van der Waals surface area contributed by atoms with Crippen molar-refractivity contribution in [2.45, 2.75) is 80.1 Å². The molecule has 0 aliphatic heterocycles.